The van der Waals surface area contributed by atoms with Crippen LogP contribution < -0.4 is 5.32 Å². The topological polar surface area (TPSA) is 68.3 Å². The molecule has 2 rings (SSSR count). The van der Waals surface area contributed by atoms with E-state index in [4.69, 9.17) is 0 Å². The molecule has 1 amide bonds. The lowest BCUT2D eigenvalue weighted by Crippen LogP contribution is -2.13. The van der Waals surface area contributed by atoms with Crippen LogP contribution in [0.25, 0.3) is 0 Å². The Labute approximate surface area is 139 Å². The number of anilines is 1. The third-order valence-electron chi connectivity index (χ3n) is 2.67. The fourth-order valence-electron chi connectivity index (χ4n) is 1.60. The van der Waals surface area contributed by atoms with Crippen molar-refractivity contribution in [3.05, 3.63) is 40.4 Å². The monoisotopic (exact) mass is 358 g/mol. The smallest absolute Gasteiger partial charge is 0.350 e. The summed E-state index contributed by atoms with van der Waals surface area (Å²) < 4.78 is 30.5. The Morgan fingerprint density at radius 2 is 2.09 bits per heavy atom. The molecule has 0 radical (unpaired) electrons. The van der Waals surface area contributed by atoms with Crippen molar-refractivity contribution in [1.82, 2.24) is 4.98 Å². The molecule has 9 heteroatoms. The van der Waals surface area contributed by atoms with Crippen molar-refractivity contribution in [3.63, 3.8) is 0 Å². The molecule has 0 fully saturated rings. The molecular formula is C14H12F2N2O3S2. The van der Waals surface area contributed by atoms with Gasteiger partial charge in [0.1, 0.15) is 4.88 Å². The first kappa shape index (κ1) is 17.4. The number of ether oxygens (including phenoxy) is 1. The van der Waals surface area contributed by atoms with Crippen molar-refractivity contribution in [3.8, 4) is 0 Å². The fraction of sp³-hybridized carbons (Fsp3) is 0.214. The van der Waals surface area contributed by atoms with Crippen LogP contribution in [0, 0.1) is 18.6 Å². The first-order valence-electron chi connectivity index (χ1n) is 6.34. The molecule has 0 aliphatic heterocycles. The number of nitrogens with zero attached hydrogens (tertiary/aromatic N) is 1. The summed E-state index contributed by atoms with van der Waals surface area (Å²) in [6.07, 6.45) is 0. The second kappa shape index (κ2) is 7.51. The number of hydrogen-bond acceptors (Lipinski definition) is 6. The molecular weight excluding hydrogens is 346 g/mol. The summed E-state index contributed by atoms with van der Waals surface area (Å²) in [6, 6.07) is 3.41. The number of esters is 1. The largest absolute Gasteiger partial charge is 0.465 e. The number of aryl methyl sites for hydroxylation is 1. The van der Waals surface area contributed by atoms with Crippen LogP contribution in [0.3, 0.4) is 0 Å². The second-order valence-electron chi connectivity index (χ2n) is 4.34. The summed E-state index contributed by atoms with van der Waals surface area (Å²) in [5.74, 6) is -2.79. The molecule has 1 heterocycles. The Hall–Kier alpha value is -2.00. The van der Waals surface area contributed by atoms with Crippen LogP contribution in [0.1, 0.15) is 15.4 Å². The van der Waals surface area contributed by atoms with E-state index in [0.29, 0.717) is 15.5 Å². The number of carbonyl (C=O) groups is 2. The quantitative estimate of drug-likeness (QED) is 0.656. The lowest BCUT2D eigenvalue weighted by atomic mass is 10.3. The summed E-state index contributed by atoms with van der Waals surface area (Å²) in [4.78, 5) is 28.1. The van der Waals surface area contributed by atoms with E-state index in [1.807, 2.05) is 0 Å². The van der Waals surface area contributed by atoms with Crippen molar-refractivity contribution in [1.29, 1.82) is 0 Å². The van der Waals surface area contributed by atoms with Crippen molar-refractivity contribution >= 4 is 40.1 Å². The molecule has 23 heavy (non-hydrogen) atoms. The number of carbonyl (C=O) groups excluding carboxylic acids is 2. The molecule has 5 nitrogen and oxygen atoms in total. The minimum atomic E-state index is -0.964. The van der Waals surface area contributed by atoms with Crippen LogP contribution in [0.2, 0.25) is 0 Å². The molecule has 0 unspecified atom stereocenters. The third-order valence-corrected chi connectivity index (χ3v) is 4.72. The van der Waals surface area contributed by atoms with Gasteiger partial charge in [-0.25, -0.2) is 18.6 Å². The number of thioether (sulfide) groups is 1. The molecule has 0 bridgehead atoms. The lowest BCUT2D eigenvalue weighted by molar-refractivity contribution is -0.113. The van der Waals surface area contributed by atoms with Gasteiger partial charge in [0.2, 0.25) is 5.91 Å². The maximum absolute atomic E-state index is 13.1. The van der Waals surface area contributed by atoms with E-state index in [1.54, 1.807) is 6.92 Å². The maximum Gasteiger partial charge on any atom is 0.350 e. The molecule has 0 saturated heterocycles. The van der Waals surface area contributed by atoms with Gasteiger partial charge < -0.3 is 10.1 Å². The van der Waals surface area contributed by atoms with Gasteiger partial charge in [-0.05, 0) is 25.1 Å². The summed E-state index contributed by atoms with van der Waals surface area (Å²) in [7, 11) is 1.26. The average Bonchev–Trinajstić information content (AvgIpc) is 2.88. The van der Waals surface area contributed by atoms with Crippen LogP contribution in [0.15, 0.2) is 23.1 Å². The predicted octanol–water partition coefficient (Wildman–Crippen LogP) is 3.25. The van der Waals surface area contributed by atoms with Crippen molar-refractivity contribution < 1.29 is 23.1 Å². The van der Waals surface area contributed by atoms with E-state index in [-0.39, 0.29) is 16.8 Å². The highest BCUT2D eigenvalue weighted by molar-refractivity contribution is 8.00. The summed E-state index contributed by atoms with van der Waals surface area (Å²) in [5.41, 5.74) is 0.463. The number of methoxy groups -OCH3 is 1. The van der Waals surface area contributed by atoms with Crippen molar-refractivity contribution in [2.24, 2.45) is 0 Å². The van der Waals surface area contributed by atoms with Gasteiger partial charge in [0, 0.05) is 4.90 Å². The number of thiazole rings is 1. The number of nitrogens with one attached hydrogen (secondary N) is 1. The first-order chi connectivity index (χ1) is 10.9. The van der Waals surface area contributed by atoms with Crippen LogP contribution in [-0.2, 0) is 9.53 Å². The lowest BCUT2D eigenvalue weighted by Gasteiger charge is -2.02. The molecule has 0 atom stereocenters. The van der Waals surface area contributed by atoms with Crippen LogP contribution >= 0.6 is 23.1 Å². The van der Waals surface area contributed by atoms with Gasteiger partial charge in [-0.15, -0.1) is 11.8 Å². The molecule has 1 aromatic carbocycles. The number of aromatic nitrogens is 1. The maximum atomic E-state index is 13.1. The van der Waals surface area contributed by atoms with Gasteiger partial charge in [-0.2, -0.15) is 0 Å². The fourth-order valence-corrected chi connectivity index (χ4v) is 3.22. The Morgan fingerprint density at radius 3 is 2.74 bits per heavy atom. The van der Waals surface area contributed by atoms with Crippen LogP contribution in [0.5, 0.6) is 0 Å². The van der Waals surface area contributed by atoms with Gasteiger partial charge in [-0.1, -0.05) is 11.3 Å². The minimum Gasteiger partial charge on any atom is -0.465 e. The molecule has 0 spiro atoms. The molecule has 0 saturated carbocycles. The van der Waals surface area contributed by atoms with E-state index in [1.165, 1.54) is 13.2 Å². The first-order valence-corrected chi connectivity index (χ1v) is 8.14. The Morgan fingerprint density at radius 1 is 1.35 bits per heavy atom. The van der Waals surface area contributed by atoms with E-state index < -0.39 is 17.6 Å². The molecule has 1 aromatic heterocycles. The molecule has 122 valence electrons. The Balaban J connectivity index is 1.94. The van der Waals surface area contributed by atoms with Gasteiger partial charge in [0.05, 0.1) is 18.6 Å². The zero-order valence-electron chi connectivity index (χ0n) is 12.2. The molecule has 0 aliphatic carbocycles. The van der Waals surface area contributed by atoms with Gasteiger partial charge in [-0.3, -0.25) is 4.79 Å². The normalized spacial score (nSPS) is 10.4. The molecule has 1 N–H and O–H groups in total. The number of amides is 1. The number of rotatable bonds is 5. The number of hydrogen-bond donors (Lipinski definition) is 1. The van der Waals surface area contributed by atoms with E-state index in [2.05, 4.69) is 15.0 Å². The summed E-state index contributed by atoms with van der Waals surface area (Å²) >= 11 is 2.07. The van der Waals surface area contributed by atoms with Crippen LogP contribution in [-0.4, -0.2) is 29.7 Å². The van der Waals surface area contributed by atoms with Gasteiger partial charge >= 0.3 is 5.97 Å². The number of halogens is 2. The predicted molar refractivity (Wildman–Crippen MR) is 83.9 cm³/mol. The van der Waals surface area contributed by atoms with Gasteiger partial charge in [0.25, 0.3) is 0 Å². The Bertz CT molecular complexity index is 750. The Kier molecular flexibility index (Phi) is 5.67. The van der Waals surface area contributed by atoms with Crippen molar-refractivity contribution in [2.75, 3.05) is 18.2 Å². The van der Waals surface area contributed by atoms with E-state index >= 15 is 0 Å². The average molecular weight is 358 g/mol. The summed E-state index contributed by atoms with van der Waals surface area (Å²) in [5, 5.41) is 2.83. The summed E-state index contributed by atoms with van der Waals surface area (Å²) in [6.45, 7) is 1.63. The standard InChI is InChI=1S/C14H12F2N2O3S2/c1-7-12(13(20)21-2)23-14(17-7)18-11(19)6-22-8-3-4-9(15)10(16)5-8/h3-5H,6H2,1-2H3,(H,17,18,19). The SMILES string of the molecule is COC(=O)c1sc(NC(=O)CSc2ccc(F)c(F)c2)nc1C. The van der Waals surface area contributed by atoms with E-state index in [0.717, 1.165) is 35.2 Å². The molecule has 0 aliphatic rings. The highest BCUT2D eigenvalue weighted by Gasteiger charge is 2.17. The highest BCUT2D eigenvalue weighted by atomic mass is 32.2. The van der Waals surface area contributed by atoms with Gasteiger partial charge in [0.15, 0.2) is 16.8 Å². The van der Waals surface area contributed by atoms with Crippen molar-refractivity contribution in [2.45, 2.75) is 11.8 Å². The zero-order valence-corrected chi connectivity index (χ0v) is 13.8. The minimum absolute atomic E-state index is 0.00272. The van der Waals surface area contributed by atoms with E-state index in [9.17, 15) is 18.4 Å². The second-order valence-corrected chi connectivity index (χ2v) is 6.39. The zero-order chi connectivity index (χ0) is 17.0. The molecule has 2 aromatic rings. The highest BCUT2D eigenvalue weighted by Crippen LogP contribution is 2.24. The third kappa shape index (κ3) is 4.49. The van der Waals surface area contributed by atoms with Crippen LogP contribution in [0.4, 0.5) is 13.9 Å². The number of benzene rings is 1.